The SMILES string of the molecule is COC(=O)C(OC(=O)c1ccc(Cl)c(S(C)(=O)=O)c1)c1ccccc1. The summed E-state index contributed by atoms with van der Waals surface area (Å²) >= 11 is 5.85. The highest BCUT2D eigenvalue weighted by molar-refractivity contribution is 7.90. The van der Waals surface area contributed by atoms with Gasteiger partial charge in [-0.1, -0.05) is 41.9 Å². The van der Waals surface area contributed by atoms with Crippen LogP contribution in [0.3, 0.4) is 0 Å². The third-order valence-electron chi connectivity index (χ3n) is 3.31. The van der Waals surface area contributed by atoms with E-state index in [1.165, 1.54) is 19.2 Å². The number of hydrogen-bond donors (Lipinski definition) is 0. The normalized spacial score (nSPS) is 12.3. The van der Waals surface area contributed by atoms with Gasteiger partial charge in [-0.3, -0.25) is 0 Å². The summed E-state index contributed by atoms with van der Waals surface area (Å²) in [6.07, 6.45) is -0.291. The third kappa shape index (κ3) is 4.58. The molecule has 2 aromatic carbocycles. The molecule has 0 fully saturated rings. The van der Waals surface area contributed by atoms with E-state index in [1.807, 2.05) is 0 Å². The molecule has 132 valence electrons. The van der Waals surface area contributed by atoms with Crippen molar-refractivity contribution in [3.8, 4) is 0 Å². The van der Waals surface area contributed by atoms with E-state index in [1.54, 1.807) is 30.3 Å². The number of esters is 2. The van der Waals surface area contributed by atoms with Gasteiger partial charge in [0, 0.05) is 11.8 Å². The van der Waals surface area contributed by atoms with Gasteiger partial charge in [0.1, 0.15) is 0 Å². The Morgan fingerprint density at radius 1 is 1.08 bits per heavy atom. The van der Waals surface area contributed by atoms with Gasteiger partial charge < -0.3 is 9.47 Å². The van der Waals surface area contributed by atoms with Gasteiger partial charge in [0.25, 0.3) is 0 Å². The number of carbonyl (C=O) groups is 2. The molecular weight excluding hydrogens is 368 g/mol. The van der Waals surface area contributed by atoms with Crippen LogP contribution in [0.4, 0.5) is 0 Å². The molecule has 6 nitrogen and oxygen atoms in total. The second-order valence-corrected chi connectivity index (χ2v) is 7.53. The lowest BCUT2D eigenvalue weighted by Gasteiger charge is -2.16. The fraction of sp³-hybridized carbons (Fsp3) is 0.176. The molecule has 25 heavy (non-hydrogen) atoms. The van der Waals surface area contributed by atoms with Crippen LogP contribution in [0.5, 0.6) is 0 Å². The lowest BCUT2D eigenvalue weighted by Crippen LogP contribution is -2.21. The summed E-state index contributed by atoms with van der Waals surface area (Å²) in [6.45, 7) is 0. The van der Waals surface area contributed by atoms with Gasteiger partial charge in [-0.05, 0) is 18.2 Å². The summed E-state index contributed by atoms with van der Waals surface area (Å²) in [5.74, 6) is -1.63. The van der Waals surface area contributed by atoms with E-state index in [-0.39, 0.29) is 15.5 Å². The van der Waals surface area contributed by atoms with Crippen LogP contribution in [0.2, 0.25) is 5.02 Å². The largest absolute Gasteiger partial charge is 0.466 e. The highest BCUT2D eigenvalue weighted by Crippen LogP contribution is 2.25. The topological polar surface area (TPSA) is 86.7 Å². The first kappa shape index (κ1) is 19.0. The van der Waals surface area contributed by atoms with Gasteiger partial charge in [-0.15, -0.1) is 0 Å². The van der Waals surface area contributed by atoms with E-state index in [0.29, 0.717) is 5.56 Å². The maximum Gasteiger partial charge on any atom is 0.351 e. The molecule has 0 heterocycles. The fourth-order valence-electron chi connectivity index (χ4n) is 2.08. The van der Waals surface area contributed by atoms with Crippen molar-refractivity contribution in [2.24, 2.45) is 0 Å². The number of benzene rings is 2. The van der Waals surface area contributed by atoms with Crippen molar-refractivity contribution in [1.82, 2.24) is 0 Å². The van der Waals surface area contributed by atoms with E-state index < -0.39 is 27.9 Å². The van der Waals surface area contributed by atoms with Gasteiger partial charge in [-0.25, -0.2) is 18.0 Å². The summed E-state index contributed by atoms with van der Waals surface area (Å²) in [4.78, 5) is 24.1. The average molecular weight is 383 g/mol. The van der Waals surface area contributed by atoms with Crippen LogP contribution in [0.1, 0.15) is 22.0 Å². The Hall–Kier alpha value is -2.38. The molecule has 0 radical (unpaired) electrons. The summed E-state index contributed by atoms with van der Waals surface area (Å²) in [5, 5.41) is -0.00775. The van der Waals surface area contributed by atoms with Gasteiger partial charge in [0.15, 0.2) is 9.84 Å². The zero-order valence-electron chi connectivity index (χ0n) is 13.4. The Balaban J connectivity index is 2.35. The van der Waals surface area contributed by atoms with Crippen molar-refractivity contribution in [2.45, 2.75) is 11.0 Å². The van der Waals surface area contributed by atoms with E-state index in [2.05, 4.69) is 4.74 Å². The maximum atomic E-state index is 12.4. The standard InChI is InChI=1S/C17H15ClO6S/c1-23-17(20)15(11-6-4-3-5-7-11)24-16(19)12-8-9-13(18)14(10-12)25(2,21)22/h3-10,15H,1-2H3. The Morgan fingerprint density at radius 3 is 2.28 bits per heavy atom. The van der Waals surface area contributed by atoms with Gasteiger partial charge >= 0.3 is 11.9 Å². The van der Waals surface area contributed by atoms with Crippen LogP contribution < -0.4 is 0 Å². The zero-order valence-corrected chi connectivity index (χ0v) is 15.0. The van der Waals surface area contributed by atoms with E-state index in [9.17, 15) is 18.0 Å². The Bertz CT molecular complexity index is 893. The predicted molar refractivity (Wildman–Crippen MR) is 91.2 cm³/mol. The summed E-state index contributed by atoms with van der Waals surface area (Å²) in [5.41, 5.74) is 0.384. The molecule has 0 bridgehead atoms. The number of ether oxygens (including phenoxy) is 2. The molecule has 0 spiro atoms. The number of halogens is 1. The van der Waals surface area contributed by atoms with Crippen LogP contribution in [0.25, 0.3) is 0 Å². The molecule has 1 atom stereocenters. The third-order valence-corrected chi connectivity index (χ3v) is 4.89. The molecule has 0 aliphatic carbocycles. The lowest BCUT2D eigenvalue weighted by molar-refractivity contribution is -0.151. The van der Waals surface area contributed by atoms with E-state index in [4.69, 9.17) is 16.3 Å². The van der Waals surface area contributed by atoms with Crippen LogP contribution in [-0.2, 0) is 24.1 Å². The van der Waals surface area contributed by atoms with Crippen molar-refractivity contribution in [1.29, 1.82) is 0 Å². The first-order valence-corrected chi connectivity index (χ1v) is 9.34. The van der Waals surface area contributed by atoms with Crippen LogP contribution in [0, 0.1) is 0 Å². The van der Waals surface area contributed by atoms with Crippen LogP contribution >= 0.6 is 11.6 Å². The number of rotatable bonds is 5. The molecule has 0 aliphatic heterocycles. The molecule has 2 rings (SSSR count). The molecule has 1 unspecified atom stereocenters. The molecular formula is C17H15ClO6S. The van der Waals surface area contributed by atoms with Crippen molar-refractivity contribution in [2.75, 3.05) is 13.4 Å². The van der Waals surface area contributed by atoms with Gasteiger partial charge in [0.05, 0.1) is 22.6 Å². The summed E-state index contributed by atoms with van der Waals surface area (Å²) in [6, 6.07) is 12.0. The predicted octanol–water partition coefficient (Wildman–Crippen LogP) is 2.81. The quantitative estimate of drug-likeness (QED) is 0.739. The Kier molecular flexibility index (Phi) is 5.81. The highest BCUT2D eigenvalue weighted by atomic mass is 35.5. The highest BCUT2D eigenvalue weighted by Gasteiger charge is 2.27. The first-order chi connectivity index (χ1) is 11.7. The number of sulfone groups is 1. The van der Waals surface area contributed by atoms with Crippen molar-refractivity contribution in [3.05, 3.63) is 64.7 Å². The second-order valence-electron chi connectivity index (χ2n) is 5.14. The average Bonchev–Trinajstić information content (AvgIpc) is 2.59. The number of carbonyl (C=O) groups excluding carboxylic acids is 2. The van der Waals surface area contributed by atoms with Crippen molar-refractivity contribution in [3.63, 3.8) is 0 Å². The van der Waals surface area contributed by atoms with Crippen LogP contribution in [-0.4, -0.2) is 33.7 Å². The van der Waals surface area contributed by atoms with E-state index >= 15 is 0 Å². The van der Waals surface area contributed by atoms with Crippen LogP contribution in [0.15, 0.2) is 53.4 Å². The molecule has 0 N–H and O–H groups in total. The minimum absolute atomic E-state index is 0.00775. The second kappa shape index (κ2) is 7.67. The zero-order chi connectivity index (χ0) is 18.6. The maximum absolute atomic E-state index is 12.4. The first-order valence-electron chi connectivity index (χ1n) is 7.07. The molecule has 0 aromatic heterocycles. The fourth-order valence-corrected chi connectivity index (χ4v) is 3.38. The number of methoxy groups -OCH3 is 1. The molecule has 8 heteroatoms. The molecule has 0 amide bonds. The molecule has 0 aliphatic rings. The Morgan fingerprint density at radius 2 is 1.72 bits per heavy atom. The lowest BCUT2D eigenvalue weighted by atomic mass is 10.1. The van der Waals surface area contributed by atoms with Crippen molar-refractivity contribution >= 4 is 33.4 Å². The minimum Gasteiger partial charge on any atom is -0.466 e. The van der Waals surface area contributed by atoms with E-state index in [0.717, 1.165) is 12.3 Å². The number of hydrogen-bond acceptors (Lipinski definition) is 6. The monoisotopic (exact) mass is 382 g/mol. The molecule has 2 aromatic rings. The minimum atomic E-state index is -3.62. The molecule has 0 saturated heterocycles. The molecule has 0 saturated carbocycles. The Labute approximate surface area is 150 Å². The smallest absolute Gasteiger partial charge is 0.351 e. The summed E-state index contributed by atoms with van der Waals surface area (Å²) in [7, 11) is -2.45. The van der Waals surface area contributed by atoms with Gasteiger partial charge in [0.2, 0.25) is 6.10 Å². The van der Waals surface area contributed by atoms with Gasteiger partial charge in [-0.2, -0.15) is 0 Å². The summed E-state index contributed by atoms with van der Waals surface area (Å²) < 4.78 is 33.3. The van der Waals surface area contributed by atoms with Crippen molar-refractivity contribution < 1.29 is 27.5 Å².